The van der Waals surface area contributed by atoms with Crippen LogP contribution in [0.3, 0.4) is 0 Å². The van der Waals surface area contributed by atoms with E-state index in [2.05, 4.69) is 4.99 Å². The average Bonchev–Trinajstić information content (AvgIpc) is 2.34. The minimum Gasteiger partial charge on any atom is -0.490 e. The van der Waals surface area contributed by atoms with Crippen LogP contribution in [0.5, 0.6) is 5.75 Å². The summed E-state index contributed by atoms with van der Waals surface area (Å²) in [6.45, 7) is 0.591. The normalized spacial score (nSPS) is 20.4. The molecule has 0 heterocycles. The van der Waals surface area contributed by atoms with Crippen molar-refractivity contribution in [1.82, 2.24) is 0 Å². The van der Waals surface area contributed by atoms with Crippen LogP contribution >= 0.6 is 0 Å². The van der Waals surface area contributed by atoms with Crippen LogP contribution in [0.4, 0.5) is 4.39 Å². The smallest absolute Gasteiger partial charge is 0.235 e. The molecule has 2 aliphatic rings. The van der Waals surface area contributed by atoms with E-state index in [0.29, 0.717) is 18.3 Å². The van der Waals surface area contributed by atoms with Gasteiger partial charge in [0.25, 0.3) is 0 Å². The molecule has 4 heteroatoms. The maximum Gasteiger partial charge on any atom is 0.235 e. The van der Waals surface area contributed by atoms with Crippen LogP contribution in [0.1, 0.15) is 44.1 Å². The largest absolute Gasteiger partial charge is 0.490 e. The zero-order chi connectivity index (χ0) is 14.0. The Kier molecular flexibility index (Phi) is 3.58. The second-order valence-electron chi connectivity index (χ2n) is 5.84. The highest BCUT2D eigenvalue weighted by Gasteiger charge is 2.39. The summed E-state index contributed by atoms with van der Waals surface area (Å²) >= 11 is 0. The van der Waals surface area contributed by atoms with Gasteiger partial charge in [-0.3, -0.25) is 0 Å². The molecule has 2 aliphatic carbocycles. The molecule has 2 fully saturated rings. The van der Waals surface area contributed by atoms with Gasteiger partial charge in [0.05, 0.1) is 12.1 Å². The van der Waals surface area contributed by atoms with Crippen molar-refractivity contribution in [1.29, 1.82) is 0 Å². The van der Waals surface area contributed by atoms with Crippen molar-refractivity contribution in [2.45, 2.75) is 44.1 Å². The first-order valence-electron chi connectivity index (χ1n) is 7.25. The number of hydrogen-bond acceptors (Lipinski definition) is 3. The molecule has 0 spiro atoms. The first kappa shape index (κ1) is 13.3. The molecule has 1 aromatic rings. The maximum atomic E-state index is 14.1. The molecule has 0 amide bonds. The molecular formula is C16H18FNO2. The van der Waals surface area contributed by atoms with E-state index in [-0.39, 0.29) is 5.82 Å². The van der Waals surface area contributed by atoms with Crippen LogP contribution in [0, 0.1) is 11.7 Å². The van der Waals surface area contributed by atoms with Crippen LogP contribution in [0.2, 0.25) is 0 Å². The van der Waals surface area contributed by atoms with Gasteiger partial charge < -0.3 is 4.74 Å². The van der Waals surface area contributed by atoms with E-state index in [1.165, 1.54) is 25.3 Å². The molecule has 3 nitrogen and oxygen atoms in total. The van der Waals surface area contributed by atoms with Crippen molar-refractivity contribution in [3.05, 3.63) is 29.6 Å². The van der Waals surface area contributed by atoms with E-state index in [1.807, 2.05) is 6.07 Å². The lowest BCUT2D eigenvalue weighted by atomic mass is 9.72. The Bertz CT molecular complexity index is 543. The number of carbonyl (C=O) groups excluding carboxylic acids is 1. The fraction of sp³-hybridized carbons (Fsp3) is 0.562. The third kappa shape index (κ3) is 2.36. The van der Waals surface area contributed by atoms with E-state index < -0.39 is 5.54 Å². The van der Waals surface area contributed by atoms with Gasteiger partial charge in [0.2, 0.25) is 6.08 Å². The molecular weight excluding hydrogens is 257 g/mol. The number of rotatable bonds is 5. The Hall–Kier alpha value is -1.67. The van der Waals surface area contributed by atoms with Gasteiger partial charge in [-0.25, -0.2) is 9.18 Å². The van der Waals surface area contributed by atoms with Gasteiger partial charge in [-0.1, -0.05) is 12.5 Å². The van der Waals surface area contributed by atoms with Crippen molar-refractivity contribution in [2.75, 3.05) is 6.61 Å². The van der Waals surface area contributed by atoms with Crippen molar-refractivity contribution in [3.63, 3.8) is 0 Å². The molecule has 0 aromatic heterocycles. The van der Waals surface area contributed by atoms with Gasteiger partial charge in [0, 0.05) is 0 Å². The topological polar surface area (TPSA) is 38.7 Å². The standard InChI is InChI=1S/C16H18FNO2/c17-14-9-13(16(18-11-19)7-2-8-16)5-6-15(14)20-10-12-3-1-4-12/h5-6,9,12H,1-4,7-8,10H2. The van der Waals surface area contributed by atoms with Gasteiger partial charge in [-0.15, -0.1) is 0 Å². The van der Waals surface area contributed by atoms with Crippen molar-refractivity contribution in [2.24, 2.45) is 10.9 Å². The monoisotopic (exact) mass is 275 g/mol. The number of isocyanates is 1. The first-order valence-corrected chi connectivity index (χ1v) is 7.25. The number of ether oxygens (including phenoxy) is 1. The highest BCUT2D eigenvalue weighted by Crippen LogP contribution is 2.45. The molecule has 3 rings (SSSR count). The third-order valence-electron chi connectivity index (χ3n) is 4.61. The summed E-state index contributed by atoms with van der Waals surface area (Å²) in [5.41, 5.74) is 0.204. The van der Waals surface area contributed by atoms with Gasteiger partial charge in [-0.05, 0) is 55.7 Å². The summed E-state index contributed by atoms with van der Waals surface area (Å²) in [4.78, 5) is 14.4. The molecule has 0 aliphatic heterocycles. The second kappa shape index (κ2) is 5.37. The number of benzene rings is 1. The summed E-state index contributed by atoms with van der Waals surface area (Å²) in [6.07, 6.45) is 7.80. The van der Waals surface area contributed by atoms with Gasteiger partial charge >= 0.3 is 0 Å². The maximum absolute atomic E-state index is 14.1. The van der Waals surface area contributed by atoms with Crippen molar-refractivity contribution < 1.29 is 13.9 Å². The molecule has 0 bridgehead atoms. The minimum absolute atomic E-state index is 0.296. The quantitative estimate of drug-likeness (QED) is 0.607. The zero-order valence-electron chi connectivity index (χ0n) is 11.4. The summed E-state index contributed by atoms with van der Waals surface area (Å²) in [7, 11) is 0. The van der Waals surface area contributed by atoms with Gasteiger partial charge in [0.1, 0.15) is 0 Å². The first-order chi connectivity index (χ1) is 9.73. The summed E-state index contributed by atoms with van der Waals surface area (Å²) in [5, 5.41) is 0. The Morgan fingerprint density at radius 3 is 2.65 bits per heavy atom. The van der Waals surface area contributed by atoms with Gasteiger partial charge in [0.15, 0.2) is 11.6 Å². The minimum atomic E-state index is -0.547. The third-order valence-corrected chi connectivity index (χ3v) is 4.61. The summed E-state index contributed by atoms with van der Waals surface area (Å²) < 4.78 is 19.6. The Balaban J connectivity index is 1.74. The number of aliphatic imine (C=N–C) groups is 1. The van der Waals surface area contributed by atoms with Crippen LogP contribution in [0.25, 0.3) is 0 Å². The Morgan fingerprint density at radius 2 is 2.15 bits per heavy atom. The second-order valence-corrected chi connectivity index (χ2v) is 5.84. The van der Waals surface area contributed by atoms with E-state index in [0.717, 1.165) is 24.8 Å². The highest BCUT2D eigenvalue weighted by molar-refractivity contribution is 5.41. The van der Waals surface area contributed by atoms with E-state index in [9.17, 15) is 9.18 Å². The SMILES string of the molecule is O=C=NC1(c2ccc(OCC3CCC3)c(F)c2)CCC1. The molecule has 1 aromatic carbocycles. The van der Waals surface area contributed by atoms with Crippen LogP contribution in [0.15, 0.2) is 23.2 Å². The lowest BCUT2D eigenvalue weighted by molar-refractivity contribution is 0.175. The molecule has 0 radical (unpaired) electrons. The van der Waals surface area contributed by atoms with Crippen molar-refractivity contribution in [3.8, 4) is 5.75 Å². The van der Waals surface area contributed by atoms with Gasteiger partial charge in [-0.2, -0.15) is 4.99 Å². The number of halogens is 1. The van der Waals surface area contributed by atoms with Crippen molar-refractivity contribution >= 4 is 6.08 Å². The van der Waals surface area contributed by atoms with Crippen LogP contribution < -0.4 is 4.74 Å². The lowest BCUT2D eigenvalue weighted by Crippen LogP contribution is -2.32. The van der Waals surface area contributed by atoms with E-state index in [4.69, 9.17) is 4.74 Å². The molecule has 0 N–H and O–H groups in total. The molecule has 2 saturated carbocycles. The van der Waals surface area contributed by atoms with Crippen LogP contribution in [-0.2, 0) is 10.3 Å². The predicted molar refractivity (Wildman–Crippen MR) is 72.9 cm³/mol. The zero-order valence-corrected chi connectivity index (χ0v) is 11.4. The molecule has 0 saturated heterocycles. The predicted octanol–water partition coefficient (Wildman–Crippen LogP) is 3.72. The molecule has 0 unspecified atom stereocenters. The van der Waals surface area contributed by atoms with Crippen LogP contribution in [-0.4, -0.2) is 12.7 Å². The fourth-order valence-corrected chi connectivity index (χ4v) is 2.84. The number of hydrogen-bond donors (Lipinski definition) is 0. The highest BCUT2D eigenvalue weighted by atomic mass is 19.1. The molecule has 0 atom stereocenters. The Labute approximate surface area is 117 Å². The lowest BCUT2D eigenvalue weighted by Gasteiger charge is -2.37. The average molecular weight is 275 g/mol. The molecule has 20 heavy (non-hydrogen) atoms. The summed E-state index contributed by atoms with van der Waals surface area (Å²) in [5.74, 6) is 0.506. The number of nitrogens with zero attached hydrogens (tertiary/aromatic N) is 1. The summed E-state index contributed by atoms with van der Waals surface area (Å²) in [6, 6.07) is 4.93. The van der Waals surface area contributed by atoms with E-state index >= 15 is 0 Å². The van der Waals surface area contributed by atoms with E-state index in [1.54, 1.807) is 12.1 Å². The Morgan fingerprint density at radius 1 is 1.35 bits per heavy atom. The molecule has 106 valence electrons. The fourth-order valence-electron chi connectivity index (χ4n) is 2.84.